The summed E-state index contributed by atoms with van der Waals surface area (Å²) in [6.45, 7) is 0. The number of rotatable bonds is 3. The second kappa shape index (κ2) is 7.65. The Labute approximate surface area is 122 Å². The van der Waals surface area contributed by atoms with E-state index in [4.69, 9.17) is 0 Å². The van der Waals surface area contributed by atoms with Gasteiger partial charge in [0.15, 0.2) is 0 Å². The number of para-hydroxylation sites is 1. The first-order chi connectivity index (χ1) is 8.92. The minimum absolute atomic E-state index is 0. The van der Waals surface area contributed by atoms with Crippen LogP contribution in [0.25, 0.3) is 10.9 Å². The lowest BCUT2D eigenvalue weighted by atomic mass is 10.2. The highest BCUT2D eigenvalue weighted by Gasteiger charge is 1.99. The molecule has 2 aromatic carbocycles. The van der Waals surface area contributed by atoms with Crippen molar-refractivity contribution >= 4 is 22.7 Å². The van der Waals surface area contributed by atoms with Crippen molar-refractivity contribution in [3.8, 4) is 0 Å². The summed E-state index contributed by atoms with van der Waals surface area (Å²) >= 11 is 1.78. The van der Waals surface area contributed by atoms with Gasteiger partial charge < -0.3 is 11.6 Å². The van der Waals surface area contributed by atoms with Gasteiger partial charge in [0.1, 0.15) is 0 Å². The van der Waals surface area contributed by atoms with Crippen molar-refractivity contribution in [1.82, 2.24) is 11.1 Å². The first-order valence-corrected chi connectivity index (χ1v) is 6.93. The molecule has 0 aliphatic heterocycles. The van der Waals surface area contributed by atoms with E-state index in [0.29, 0.717) is 0 Å². The van der Waals surface area contributed by atoms with Crippen LogP contribution < -0.4 is 6.15 Å². The van der Waals surface area contributed by atoms with E-state index < -0.39 is 0 Å². The van der Waals surface area contributed by atoms with E-state index in [1.807, 2.05) is 18.2 Å². The van der Waals surface area contributed by atoms with Gasteiger partial charge in [0.2, 0.25) is 0 Å². The van der Waals surface area contributed by atoms with Crippen LogP contribution in [0.15, 0.2) is 71.8 Å². The fourth-order valence-corrected chi connectivity index (χ4v) is 2.69. The van der Waals surface area contributed by atoms with E-state index >= 15 is 0 Å². The van der Waals surface area contributed by atoms with Crippen molar-refractivity contribution in [2.75, 3.05) is 0 Å². The fraction of sp³-hybridized carbons (Fsp3) is 0.0625. The van der Waals surface area contributed by atoms with Crippen molar-refractivity contribution in [2.24, 2.45) is 0 Å². The summed E-state index contributed by atoms with van der Waals surface area (Å²) in [7, 11) is 0. The highest BCUT2D eigenvalue weighted by Crippen LogP contribution is 2.23. The highest BCUT2D eigenvalue weighted by molar-refractivity contribution is 7.98. The molecule has 0 atom stereocenters. The molecular formula is C16H18N2OS. The SMILES string of the molecule is N.O.c1ccc(CSc2ccc3ccccc3n2)cc1. The van der Waals surface area contributed by atoms with E-state index in [9.17, 15) is 0 Å². The second-order valence-electron chi connectivity index (χ2n) is 4.12. The summed E-state index contributed by atoms with van der Waals surface area (Å²) in [5.74, 6) is 0.964. The Balaban J connectivity index is 0.000001000. The summed E-state index contributed by atoms with van der Waals surface area (Å²) in [5.41, 5.74) is 2.40. The Morgan fingerprint density at radius 1 is 0.800 bits per heavy atom. The summed E-state index contributed by atoms with van der Waals surface area (Å²) in [6.07, 6.45) is 0. The topological polar surface area (TPSA) is 79.4 Å². The van der Waals surface area contributed by atoms with Crippen LogP contribution in [0.2, 0.25) is 0 Å². The standard InChI is InChI=1S/C16H13NS.H3N.H2O/c1-2-6-13(7-3-1)12-18-16-11-10-14-8-4-5-9-15(14)17-16;;/h1-11H,12H2;1H3;1H2. The summed E-state index contributed by atoms with van der Waals surface area (Å²) in [4.78, 5) is 4.65. The molecule has 0 saturated carbocycles. The molecule has 3 nitrogen and oxygen atoms in total. The molecule has 20 heavy (non-hydrogen) atoms. The highest BCUT2D eigenvalue weighted by atomic mass is 32.2. The minimum Gasteiger partial charge on any atom is -0.412 e. The average molecular weight is 286 g/mol. The largest absolute Gasteiger partial charge is 0.412 e. The smallest absolute Gasteiger partial charge is 0.0970 e. The molecule has 0 saturated heterocycles. The van der Waals surface area contributed by atoms with Crippen LogP contribution in [-0.4, -0.2) is 10.5 Å². The molecule has 3 rings (SSSR count). The van der Waals surface area contributed by atoms with Gasteiger partial charge in [-0.3, -0.25) is 0 Å². The molecule has 0 amide bonds. The summed E-state index contributed by atoms with van der Waals surface area (Å²) in [6, 6.07) is 22.9. The summed E-state index contributed by atoms with van der Waals surface area (Å²) < 4.78 is 0. The molecule has 1 aromatic heterocycles. The number of fused-ring (bicyclic) bond motifs is 1. The van der Waals surface area contributed by atoms with Crippen LogP contribution in [0.4, 0.5) is 0 Å². The lowest BCUT2D eigenvalue weighted by molar-refractivity contribution is 0.824. The van der Waals surface area contributed by atoms with Crippen LogP contribution >= 0.6 is 11.8 Å². The van der Waals surface area contributed by atoms with Crippen molar-refractivity contribution in [3.63, 3.8) is 0 Å². The third-order valence-corrected chi connectivity index (χ3v) is 3.80. The van der Waals surface area contributed by atoms with Gasteiger partial charge in [-0.15, -0.1) is 11.8 Å². The van der Waals surface area contributed by atoms with Crippen LogP contribution in [0, 0.1) is 0 Å². The van der Waals surface area contributed by atoms with Crippen molar-refractivity contribution < 1.29 is 5.48 Å². The Morgan fingerprint density at radius 2 is 1.50 bits per heavy atom. The number of benzene rings is 2. The molecule has 0 aliphatic carbocycles. The lowest BCUT2D eigenvalue weighted by Crippen LogP contribution is -1.84. The third kappa shape index (κ3) is 3.81. The molecule has 104 valence electrons. The van der Waals surface area contributed by atoms with Crippen LogP contribution in [0.1, 0.15) is 5.56 Å². The van der Waals surface area contributed by atoms with Gasteiger partial charge in [-0.05, 0) is 17.7 Å². The van der Waals surface area contributed by atoms with Gasteiger partial charge in [0, 0.05) is 11.1 Å². The van der Waals surface area contributed by atoms with Gasteiger partial charge >= 0.3 is 0 Å². The molecule has 4 heteroatoms. The normalized spacial score (nSPS) is 9.60. The van der Waals surface area contributed by atoms with Crippen LogP contribution in [-0.2, 0) is 5.75 Å². The van der Waals surface area contributed by atoms with E-state index in [1.165, 1.54) is 10.9 Å². The Morgan fingerprint density at radius 3 is 2.30 bits per heavy atom. The van der Waals surface area contributed by atoms with Crippen molar-refractivity contribution in [2.45, 2.75) is 10.8 Å². The third-order valence-electron chi connectivity index (χ3n) is 2.80. The zero-order chi connectivity index (χ0) is 12.2. The van der Waals surface area contributed by atoms with E-state index in [-0.39, 0.29) is 11.6 Å². The molecule has 0 aliphatic rings. The molecule has 5 N–H and O–H groups in total. The second-order valence-corrected chi connectivity index (χ2v) is 5.11. The van der Waals surface area contributed by atoms with Gasteiger partial charge in [0.05, 0.1) is 10.5 Å². The predicted molar refractivity (Wildman–Crippen MR) is 86.4 cm³/mol. The predicted octanol–water partition coefficient (Wildman–Crippen LogP) is 3.86. The molecule has 0 fully saturated rings. The number of hydrogen-bond acceptors (Lipinski definition) is 3. The Hall–Kier alpha value is -1.88. The first-order valence-electron chi connectivity index (χ1n) is 5.94. The Kier molecular flexibility index (Phi) is 6.18. The zero-order valence-corrected chi connectivity index (χ0v) is 11.9. The number of pyridine rings is 1. The number of nitrogens with zero attached hydrogens (tertiary/aromatic N) is 1. The van der Waals surface area contributed by atoms with Gasteiger partial charge in [0.25, 0.3) is 0 Å². The molecule has 0 radical (unpaired) electrons. The van der Waals surface area contributed by atoms with E-state index in [0.717, 1.165) is 16.3 Å². The van der Waals surface area contributed by atoms with Gasteiger partial charge in [-0.2, -0.15) is 0 Å². The number of hydrogen-bond donors (Lipinski definition) is 1. The van der Waals surface area contributed by atoms with Gasteiger partial charge in [-0.1, -0.05) is 54.6 Å². The maximum atomic E-state index is 4.65. The summed E-state index contributed by atoms with van der Waals surface area (Å²) in [5, 5.41) is 2.28. The van der Waals surface area contributed by atoms with E-state index in [2.05, 4.69) is 53.5 Å². The monoisotopic (exact) mass is 286 g/mol. The maximum Gasteiger partial charge on any atom is 0.0970 e. The molecule has 0 bridgehead atoms. The fourth-order valence-electron chi connectivity index (χ4n) is 1.86. The van der Waals surface area contributed by atoms with E-state index in [1.54, 1.807) is 11.8 Å². The molecular weight excluding hydrogens is 268 g/mol. The van der Waals surface area contributed by atoms with Crippen molar-refractivity contribution in [1.29, 1.82) is 0 Å². The number of thioether (sulfide) groups is 1. The molecule has 0 spiro atoms. The zero-order valence-electron chi connectivity index (χ0n) is 11.1. The molecule has 1 heterocycles. The minimum atomic E-state index is 0. The quantitative estimate of drug-likeness (QED) is 0.742. The number of aromatic nitrogens is 1. The molecule has 3 aromatic rings. The van der Waals surface area contributed by atoms with Crippen LogP contribution in [0.3, 0.4) is 0 Å². The average Bonchev–Trinajstić information content (AvgIpc) is 2.46. The lowest BCUT2D eigenvalue weighted by Gasteiger charge is -2.03. The van der Waals surface area contributed by atoms with Gasteiger partial charge in [-0.25, -0.2) is 4.98 Å². The maximum absolute atomic E-state index is 4.65. The van der Waals surface area contributed by atoms with Crippen LogP contribution in [0.5, 0.6) is 0 Å². The van der Waals surface area contributed by atoms with Crippen molar-refractivity contribution in [3.05, 3.63) is 72.3 Å². The molecule has 0 unspecified atom stereocenters. The first kappa shape index (κ1) is 16.2. The Bertz CT molecular complexity index is 659.